The highest BCUT2D eigenvalue weighted by atomic mass is 33.1. The highest BCUT2D eigenvalue weighted by Gasteiger charge is 2.32. The number of carbonyl (C=O) groups excluding carboxylic acids is 4. The molecule has 7 nitrogen and oxygen atoms in total. The quantitative estimate of drug-likeness (QED) is 0.330. The molecular formula is C14H14N2O5S2. The highest BCUT2D eigenvalue weighted by molar-refractivity contribution is 8.76. The van der Waals surface area contributed by atoms with Crippen LogP contribution in [0.15, 0.2) is 29.2 Å². The molecule has 2 rings (SSSR count). The molecule has 1 aliphatic heterocycles. The molecule has 3 amide bonds. The van der Waals surface area contributed by atoms with E-state index in [4.69, 9.17) is 4.84 Å². The standard InChI is InChI=1S/C14H14N2O5S2/c17-9-15-10-1-3-11(4-2-10)23-22-8-7-14(20)21-16-12(18)5-6-13(16)19/h1-4,9H,5-8H2,(H,15,17). The van der Waals surface area contributed by atoms with Gasteiger partial charge in [-0.1, -0.05) is 21.6 Å². The van der Waals surface area contributed by atoms with Crippen molar-refractivity contribution in [2.24, 2.45) is 0 Å². The van der Waals surface area contributed by atoms with E-state index in [1.165, 1.54) is 21.6 Å². The molecule has 9 heteroatoms. The maximum atomic E-state index is 11.6. The Balaban J connectivity index is 1.66. The molecule has 122 valence electrons. The summed E-state index contributed by atoms with van der Waals surface area (Å²) in [5, 5.41) is 3.10. The van der Waals surface area contributed by atoms with E-state index >= 15 is 0 Å². The Morgan fingerprint density at radius 2 is 1.87 bits per heavy atom. The zero-order valence-electron chi connectivity index (χ0n) is 12.0. The summed E-state index contributed by atoms with van der Waals surface area (Å²) in [7, 11) is 2.93. The highest BCUT2D eigenvalue weighted by Crippen LogP contribution is 2.32. The summed E-state index contributed by atoms with van der Waals surface area (Å²) in [4.78, 5) is 50.2. The second-order valence-corrected chi connectivity index (χ2v) is 6.98. The van der Waals surface area contributed by atoms with Gasteiger partial charge in [0, 0.05) is 29.2 Å². The fourth-order valence-corrected chi connectivity index (χ4v) is 3.67. The Hall–Kier alpha value is -2.00. The van der Waals surface area contributed by atoms with Crippen LogP contribution in [-0.2, 0) is 24.0 Å². The molecule has 0 unspecified atom stereocenters. The van der Waals surface area contributed by atoms with Gasteiger partial charge in [0.05, 0.1) is 6.42 Å². The molecule has 1 N–H and O–H groups in total. The molecule has 1 fully saturated rings. The van der Waals surface area contributed by atoms with Crippen LogP contribution in [0, 0.1) is 0 Å². The minimum absolute atomic E-state index is 0.0890. The summed E-state index contributed by atoms with van der Waals surface area (Å²) in [5.74, 6) is -1.08. The Morgan fingerprint density at radius 3 is 2.48 bits per heavy atom. The molecular weight excluding hydrogens is 340 g/mol. The zero-order valence-corrected chi connectivity index (χ0v) is 13.7. The molecule has 0 bridgehead atoms. The van der Waals surface area contributed by atoms with Gasteiger partial charge < -0.3 is 10.2 Å². The number of benzene rings is 1. The number of nitrogens with one attached hydrogen (secondary N) is 1. The van der Waals surface area contributed by atoms with Crippen molar-refractivity contribution in [1.29, 1.82) is 0 Å². The summed E-state index contributed by atoms with van der Waals surface area (Å²) in [6, 6.07) is 7.25. The predicted octanol–water partition coefficient (Wildman–Crippen LogP) is 1.99. The van der Waals surface area contributed by atoms with Gasteiger partial charge in [-0.15, -0.1) is 5.06 Å². The number of hydrogen-bond acceptors (Lipinski definition) is 7. The SMILES string of the molecule is O=CNc1ccc(SSCCC(=O)ON2C(=O)CCC2=O)cc1. The molecule has 1 saturated heterocycles. The molecule has 0 radical (unpaired) electrons. The average Bonchev–Trinajstić information content (AvgIpc) is 2.85. The average molecular weight is 354 g/mol. The third-order valence-corrected chi connectivity index (χ3v) is 5.21. The number of imide groups is 1. The summed E-state index contributed by atoms with van der Waals surface area (Å²) in [6.07, 6.45) is 0.884. The summed E-state index contributed by atoms with van der Waals surface area (Å²) in [6.45, 7) is 0. The lowest BCUT2D eigenvalue weighted by molar-refractivity contribution is -0.197. The number of amides is 3. The molecule has 1 aromatic carbocycles. The Bertz CT molecular complexity index is 590. The fourth-order valence-electron chi connectivity index (χ4n) is 1.71. The van der Waals surface area contributed by atoms with Crippen molar-refractivity contribution in [3.63, 3.8) is 0 Å². The minimum Gasteiger partial charge on any atom is -0.330 e. The van der Waals surface area contributed by atoms with E-state index in [0.717, 1.165) is 4.90 Å². The van der Waals surface area contributed by atoms with Crippen molar-refractivity contribution in [2.45, 2.75) is 24.2 Å². The maximum absolute atomic E-state index is 11.6. The van der Waals surface area contributed by atoms with Crippen LogP contribution < -0.4 is 5.32 Å². The van der Waals surface area contributed by atoms with Gasteiger partial charge in [-0.05, 0) is 24.3 Å². The molecule has 1 aromatic rings. The van der Waals surface area contributed by atoms with Gasteiger partial charge >= 0.3 is 5.97 Å². The third kappa shape index (κ3) is 5.29. The van der Waals surface area contributed by atoms with E-state index < -0.39 is 17.8 Å². The lowest BCUT2D eigenvalue weighted by Crippen LogP contribution is -2.32. The van der Waals surface area contributed by atoms with Crippen LogP contribution in [0.1, 0.15) is 19.3 Å². The third-order valence-electron chi connectivity index (χ3n) is 2.82. The maximum Gasteiger partial charge on any atom is 0.334 e. The molecule has 0 saturated carbocycles. The van der Waals surface area contributed by atoms with Gasteiger partial charge in [-0.3, -0.25) is 14.4 Å². The molecule has 0 aromatic heterocycles. The summed E-state index contributed by atoms with van der Waals surface area (Å²) in [5.41, 5.74) is 0.706. The van der Waals surface area contributed by atoms with Gasteiger partial charge in [-0.25, -0.2) is 4.79 Å². The van der Waals surface area contributed by atoms with Crippen LogP contribution >= 0.6 is 21.6 Å². The predicted molar refractivity (Wildman–Crippen MR) is 86.2 cm³/mol. The Labute approximate surface area is 140 Å². The first kappa shape index (κ1) is 17.4. The normalized spacial score (nSPS) is 14.0. The first-order valence-electron chi connectivity index (χ1n) is 6.76. The van der Waals surface area contributed by atoms with Gasteiger partial charge in [0.1, 0.15) is 0 Å². The van der Waals surface area contributed by atoms with E-state index in [1.807, 2.05) is 12.1 Å². The van der Waals surface area contributed by atoms with Crippen molar-refractivity contribution < 1.29 is 24.0 Å². The van der Waals surface area contributed by atoms with Crippen molar-refractivity contribution in [3.05, 3.63) is 24.3 Å². The lowest BCUT2D eigenvalue weighted by Gasteiger charge is -2.12. The van der Waals surface area contributed by atoms with Crippen molar-refractivity contribution >= 4 is 51.5 Å². The second-order valence-electron chi connectivity index (χ2n) is 4.49. The van der Waals surface area contributed by atoms with Crippen LogP contribution in [-0.4, -0.2) is 35.0 Å². The second kappa shape index (κ2) is 8.59. The Kier molecular flexibility index (Phi) is 6.48. The zero-order chi connectivity index (χ0) is 16.7. The number of anilines is 1. The lowest BCUT2D eigenvalue weighted by atomic mass is 10.3. The molecule has 0 aliphatic carbocycles. The molecule has 23 heavy (non-hydrogen) atoms. The largest absolute Gasteiger partial charge is 0.334 e. The summed E-state index contributed by atoms with van der Waals surface area (Å²) < 4.78 is 0. The smallest absolute Gasteiger partial charge is 0.330 e. The van der Waals surface area contributed by atoms with Crippen LogP contribution in [0.4, 0.5) is 5.69 Å². The van der Waals surface area contributed by atoms with Crippen molar-refractivity contribution in [3.8, 4) is 0 Å². The fraction of sp³-hybridized carbons (Fsp3) is 0.286. The first-order chi connectivity index (χ1) is 11.1. The monoisotopic (exact) mass is 354 g/mol. The van der Waals surface area contributed by atoms with Gasteiger partial charge in [0.2, 0.25) is 6.41 Å². The number of hydrogen-bond donors (Lipinski definition) is 1. The Morgan fingerprint density at radius 1 is 1.22 bits per heavy atom. The van der Waals surface area contributed by atoms with Crippen molar-refractivity contribution in [2.75, 3.05) is 11.1 Å². The first-order valence-corrected chi connectivity index (χ1v) is 9.08. The molecule has 0 spiro atoms. The summed E-state index contributed by atoms with van der Waals surface area (Å²) >= 11 is 0. The van der Waals surface area contributed by atoms with Gasteiger partial charge in [-0.2, -0.15) is 0 Å². The number of rotatable bonds is 8. The number of carbonyl (C=O) groups is 4. The van der Waals surface area contributed by atoms with E-state index in [2.05, 4.69) is 5.32 Å². The number of hydroxylamine groups is 2. The van der Waals surface area contributed by atoms with E-state index in [9.17, 15) is 19.2 Å². The van der Waals surface area contributed by atoms with Crippen molar-refractivity contribution in [1.82, 2.24) is 5.06 Å². The topological polar surface area (TPSA) is 92.8 Å². The number of nitrogens with zero attached hydrogens (tertiary/aromatic N) is 1. The molecule has 1 aliphatic rings. The minimum atomic E-state index is -0.604. The molecule has 1 heterocycles. The van der Waals surface area contributed by atoms with Crippen LogP contribution in [0.25, 0.3) is 0 Å². The van der Waals surface area contributed by atoms with E-state index in [1.54, 1.807) is 12.1 Å². The van der Waals surface area contributed by atoms with Crippen LogP contribution in [0.3, 0.4) is 0 Å². The van der Waals surface area contributed by atoms with Gasteiger partial charge in [0.25, 0.3) is 11.8 Å². The van der Waals surface area contributed by atoms with E-state index in [-0.39, 0.29) is 19.3 Å². The van der Waals surface area contributed by atoms with Crippen LogP contribution in [0.5, 0.6) is 0 Å². The van der Waals surface area contributed by atoms with E-state index in [0.29, 0.717) is 22.9 Å². The van der Waals surface area contributed by atoms with Gasteiger partial charge in [0.15, 0.2) is 0 Å². The molecule has 0 atom stereocenters. The van der Waals surface area contributed by atoms with Crippen LogP contribution in [0.2, 0.25) is 0 Å².